The van der Waals surface area contributed by atoms with E-state index >= 15 is 0 Å². The Balaban J connectivity index is 1.48. The molecule has 0 aliphatic carbocycles. The maximum Gasteiger partial charge on any atom is 0.269 e. The van der Waals surface area contributed by atoms with E-state index in [0.717, 1.165) is 0 Å². The minimum absolute atomic E-state index is 0.0853. The first kappa shape index (κ1) is 25.4. The lowest BCUT2D eigenvalue weighted by Gasteiger charge is -2.11. The monoisotopic (exact) mass is 494 g/mol. The number of hydrogen-bond acceptors (Lipinski definition) is 6. The number of halogens is 1. The van der Waals surface area contributed by atoms with Gasteiger partial charge in [-0.2, -0.15) is 0 Å². The zero-order chi connectivity index (χ0) is 25.4. The Labute approximate surface area is 206 Å². The van der Waals surface area contributed by atoms with Crippen molar-refractivity contribution < 1.29 is 19.3 Å². The Bertz CT molecular complexity index is 1260. The minimum atomic E-state index is -0.530. The van der Waals surface area contributed by atoms with E-state index in [4.69, 9.17) is 17.3 Å². The predicted molar refractivity (Wildman–Crippen MR) is 133 cm³/mol. The molecule has 9 nitrogen and oxygen atoms in total. The van der Waals surface area contributed by atoms with Crippen molar-refractivity contribution in [2.75, 3.05) is 18.8 Å². The number of benzene rings is 3. The highest BCUT2D eigenvalue weighted by molar-refractivity contribution is 6.33. The van der Waals surface area contributed by atoms with E-state index in [0.29, 0.717) is 42.1 Å². The second kappa shape index (κ2) is 11.8. The highest BCUT2D eigenvalue weighted by Crippen LogP contribution is 2.22. The van der Waals surface area contributed by atoms with Crippen molar-refractivity contribution in [3.63, 3.8) is 0 Å². The molecular formula is C25H23ClN4O5. The van der Waals surface area contributed by atoms with Gasteiger partial charge in [0.05, 0.1) is 21.2 Å². The molecule has 10 heteroatoms. The summed E-state index contributed by atoms with van der Waals surface area (Å²) in [5, 5.41) is 16.5. The van der Waals surface area contributed by atoms with Crippen molar-refractivity contribution in [2.24, 2.45) is 0 Å². The smallest absolute Gasteiger partial charge is 0.269 e. The number of anilines is 1. The van der Waals surface area contributed by atoms with E-state index in [-0.39, 0.29) is 40.1 Å². The molecule has 0 unspecified atom stereocenters. The quantitative estimate of drug-likeness (QED) is 0.128. The van der Waals surface area contributed by atoms with Gasteiger partial charge in [0, 0.05) is 41.9 Å². The molecule has 4 N–H and O–H groups in total. The number of ketones is 1. The van der Waals surface area contributed by atoms with Crippen LogP contribution in [-0.4, -0.2) is 35.6 Å². The third kappa shape index (κ3) is 6.64. The minimum Gasteiger partial charge on any atom is -0.398 e. The molecule has 0 bridgehead atoms. The number of nitro benzene ring substituents is 1. The lowest BCUT2D eigenvalue weighted by Crippen LogP contribution is -2.28. The van der Waals surface area contributed by atoms with Gasteiger partial charge < -0.3 is 16.4 Å². The number of amides is 2. The van der Waals surface area contributed by atoms with E-state index in [1.165, 1.54) is 36.4 Å². The zero-order valence-corrected chi connectivity index (χ0v) is 19.4. The second-order valence-electron chi connectivity index (χ2n) is 7.63. The Kier molecular flexibility index (Phi) is 8.53. The van der Waals surface area contributed by atoms with Crippen LogP contribution < -0.4 is 16.4 Å². The van der Waals surface area contributed by atoms with Crippen LogP contribution in [0.1, 0.15) is 49.5 Å². The zero-order valence-electron chi connectivity index (χ0n) is 18.6. The topological polar surface area (TPSA) is 144 Å². The fourth-order valence-electron chi connectivity index (χ4n) is 3.31. The van der Waals surface area contributed by atoms with E-state index in [9.17, 15) is 24.5 Å². The van der Waals surface area contributed by atoms with Crippen LogP contribution in [0, 0.1) is 10.1 Å². The van der Waals surface area contributed by atoms with Gasteiger partial charge in [0.25, 0.3) is 17.5 Å². The molecule has 180 valence electrons. The molecule has 35 heavy (non-hydrogen) atoms. The summed E-state index contributed by atoms with van der Waals surface area (Å²) in [5.41, 5.74) is 7.14. The summed E-state index contributed by atoms with van der Waals surface area (Å²) in [7, 11) is 0. The maximum atomic E-state index is 12.9. The summed E-state index contributed by atoms with van der Waals surface area (Å²) in [6.45, 7) is 0.724. The molecule has 0 fully saturated rings. The first-order chi connectivity index (χ1) is 16.8. The summed E-state index contributed by atoms with van der Waals surface area (Å²) in [6.07, 6.45) is 1.19. The largest absolute Gasteiger partial charge is 0.398 e. The maximum absolute atomic E-state index is 12.9. The van der Waals surface area contributed by atoms with Gasteiger partial charge in [0.1, 0.15) is 0 Å². The Morgan fingerprint density at radius 1 is 0.829 bits per heavy atom. The molecular weight excluding hydrogens is 472 g/mol. The van der Waals surface area contributed by atoms with Crippen molar-refractivity contribution in [1.82, 2.24) is 10.6 Å². The number of non-ortho nitro benzene ring substituents is 1. The van der Waals surface area contributed by atoms with Crippen LogP contribution in [0.25, 0.3) is 0 Å². The lowest BCUT2D eigenvalue weighted by molar-refractivity contribution is -0.384. The summed E-state index contributed by atoms with van der Waals surface area (Å²) >= 11 is 5.92. The predicted octanol–water partition coefficient (Wildman–Crippen LogP) is 4.00. The molecule has 3 rings (SSSR count). The SMILES string of the molecule is Nc1cc(C(=O)c2ccccc2C(=O)NCCCCNC(=O)c2ccc([N+](=O)[O-])cc2)ccc1Cl. The van der Waals surface area contributed by atoms with E-state index in [2.05, 4.69) is 10.6 Å². The molecule has 2 amide bonds. The summed E-state index contributed by atoms with van der Waals surface area (Å²) in [6, 6.07) is 16.4. The van der Waals surface area contributed by atoms with Crippen LogP contribution in [0.3, 0.4) is 0 Å². The van der Waals surface area contributed by atoms with Gasteiger partial charge in [0.15, 0.2) is 5.78 Å². The van der Waals surface area contributed by atoms with Gasteiger partial charge in [-0.3, -0.25) is 24.5 Å². The van der Waals surface area contributed by atoms with E-state index in [1.807, 2.05) is 0 Å². The third-order valence-corrected chi connectivity index (χ3v) is 5.53. The molecule has 0 aromatic heterocycles. The highest BCUT2D eigenvalue weighted by atomic mass is 35.5. The first-order valence-electron chi connectivity index (χ1n) is 10.8. The first-order valence-corrected chi connectivity index (χ1v) is 11.2. The number of carbonyl (C=O) groups excluding carboxylic acids is 3. The van der Waals surface area contributed by atoms with Gasteiger partial charge in [0.2, 0.25) is 0 Å². The van der Waals surface area contributed by atoms with Crippen molar-refractivity contribution >= 4 is 40.6 Å². The molecule has 0 aliphatic rings. The molecule has 0 saturated heterocycles. The highest BCUT2D eigenvalue weighted by Gasteiger charge is 2.18. The number of nitrogens with two attached hydrogens (primary N) is 1. The Morgan fingerprint density at radius 2 is 1.40 bits per heavy atom. The molecule has 0 aliphatic heterocycles. The number of nitro groups is 1. The summed E-state index contributed by atoms with van der Waals surface area (Å²) in [5.74, 6) is -1.06. The molecule has 0 heterocycles. The van der Waals surface area contributed by atoms with Crippen molar-refractivity contribution in [3.8, 4) is 0 Å². The molecule has 3 aromatic rings. The van der Waals surface area contributed by atoms with Crippen LogP contribution in [0.2, 0.25) is 5.02 Å². The molecule has 0 radical (unpaired) electrons. The van der Waals surface area contributed by atoms with Gasteiger partial charge >= 0.3 is 0 Å². The number of nitrogens with one attached hydrogen (secondary N) is 2. The second-order valence-corrected chi connectivity index (χ2v) is 8.04. The van der Waals surface area contributed by atoms with Crippen LogP contribution in [-0.2, 0) is 0 Å². The molecule has 0 spiro atoms. The van der Waals surface area contributed by atoms with Crippen LogP contribution >= 0.6 is 11.6 Å². The van der Waals surface area contributed by atoms with E-state index in [1.54, 1.807) is 30.3 Å². The Hall–Kier alpha value is -4.24. The average Bonchev–Trinajstić information content (AvgIpc) is 2.87. The van der Waals surface area contributed by atoms with Crippen molar-refractivity contribution in [1.29, 1.82) is 0 Å². The number of hydrogen-bond donors (Lipinski definition) is 3. The van der Waals surface area contributed by atoms with E-state index < -0.39 is 4.92 Å². The van der Waals surface area contributed by atoms with Crippen LogP contribution in [0.4, 0.5) is 11.4 Å². The number of carbonyl (C=O) groups is 3. The molecule has 0 atom stereocenters. The fourth-order valence-corrected chi connectivity index (χ4v) is 3.42. The summed E-state index contributed by atoms with van der Waals surface area (Å²) < 4.78 is 0. The number of unbranched alkanes of at least 4 members (excludes halogenated alkanes) is 1. The number of nitrogen functional groups attached to an aromatic ring is 1. The summed E-state index contributed by atoms with van der Waals surface area (Å²) in [4.78, 5) is 47.9. The van der Waals surface area contributed by atoms with Gasteiger partial charge in [-0.1, -0.05) is 29.8 Å². The van der Waals surface area contributed by atoms with Gasteiger partial charge in [-0.25, -0.2) is 0 Å². The number of rotatable bonds is 10. The van der Waals surface area contributed by atoms with Gasteiger partial charge in [-0.05, 0) is 49.2 Å². The molecule has 3 aromatic carbocycles. The standard InChI is InChI=1S/C25H23ClN4O5/c26-21-12-9-17(15-22(21)27)23(31)19-5-1-2-6-20(19)25(33)29-14-4-3-13-28-24(32)16-7-10-18(11-8-16)30(34)35/h1-2,5-12,15H,3-4,13-14,27H2,(H,28,32)(H,29,33). The Morgan fingerprint density at radius 3 is 2.00 bits per heavy atom. The third-order valence-electron chi connectivity index (χ3n) is 5.19. The lowest BCUT2D eigenvalue weighted by atomic mass is 9.97. The van der Waals surface area contributed by atoms with Gasteiger partial charge in [-0.15, -0.1) is 0 Å². The average molecular weight is 495 g/mol. The fraction of sp³-hybridized carbons (Fsp3) is 0.160. The normalized spacial score (nSPS) is 10.4. The molecule has 0 saturated carbocycles. The number of nitrogens with zero attached hydrogens (tertiary/aromatic N) is 1. The van der Waals surface area contributed by atoms with Crippen molar-refractivity contribution in [2.45, 2.75) is 12.8 Å². The van der Waals surface area contributed by atoms with Crippen LogP contribution in [0.15, 0.2) is 66.7 Å². The van der Waals surface area contributed by atoms with Crippen LogP contribution in [0.5, 0.6) is 0 Å². The van der Waals surface area contributed by atoms with Crippen molar-refractivity contribution in [3.05, 3.63) is 104 Å².